The maximum Gasteiger partial charge on any atom is 0.114 e. The molecule has 18 heavy (non-hydrogen) atoms. The van der Waals surface area contributed by atoms with E-state index in [0.29, 0.717) is 0 Å². The number of aryl methyl sites for hydroxylation is 1. The lowest BCUT2D eigenvalue weighted by Crippen LogP contribution is -2.40. The molecule has 1 unspecified atom stereocenters. The van der Waals surface area contributed by atoms with Gasteiger partial charge in [0, 0.05) is 4.90 Å². The number of nitrogens with one attached hydrogen (secondary N) is 1. The van der Waals surface area contributed by atoms with E-state index in [9.17, 15) is 0 Å². The van der Waals surface area contributed by atoms with Gasteiger partial charge in [0.05, 0.1) is 12.3 Å². The molecular formula is C14H22N2OS. The molecule has 1 heterocycles. The van der Waals surface area contributed by atoms with E-state index < -0.39 is 0 Å². The van der Waals surface area contributed by atoms with Crippen LogP contribution < -0.4 is 5.32 Å². The molecule has 3 nitrogen and oxygen atoms in total. The first-order valence-electron chi connectivity index (χ1n) is 6.44. The Labute approximate surface area is 114 Å². The smallest absolute Gasteiger partial charge is 0.114 e. The number of nitrogens with zero attached hydrogens (tertiary/aromatic N) is 1. The molecule has 1 atom stereocenters. The van der Waals surface area contributed by atoms with E-state index in [2.05, 4.69) is 11.4 Å². The van der Waals surface area contributed by atoms with Gasteiger partial charge in [-0.25, -0.2) is 0 Å². The molecule has 0 bridgehead atoms. The van der Waals surface area contributed by atoms with Crippen LogP contribution in [0.15, 0.2) is 21.6 Å². The van der Waals surface area contributed by atoms with Crippen molar-refractivity contribution in [3.05, 3.63) is 18.1 Å². The molecule has 0 radical (unpaired) electrons. The summed E-state index contributed by atoms with van der Waals surface area (Å²) in [5, 5.41) is 12.4. The standard InChI is InChI=1S/C14H22N2OS/c1-4-16-14(3,11-15)8-5-6-10-18-13-7-9-17-12(13)2/h7,9,16H,4-6,8,10H2,1-3H3. The van der Waals surface area contributed by atoms with E-state index in [1.165, 1.54) is 4.90 Å². The third-order valence-electron chi connectivity index (χ3n) is 2.95. The molecule has 0 saturated carbocycles. The van der Waals surface area contributed by atoms with Gasteiger partial charge in [0.15, 0.2) is 0 Å². The average molecular weight is 266 g/mol. The summed E-state index contributed by atoms with van der Waals surface area (Å²) in [6, 6.07) is 4.37. The van der Waals surface area contributed by atoms with Gasteiger partial charge in [-0.05, 0) is 51.5 Å². The second-order valence-corrected chi connectivity index (χ2v) is 5.76. The predicted molar refractivity (Wildman–Crippen MR) is 75.7 cm³/mol. The minimum Gasteiger partial charge on any atom is -0.468 e. The molecule has 0 aliphatic heterocycles. The van der Waals surface area contributed by atoms with Crippen LogP contribution in [0.2, 0.25) is 0 Å². The molecule has 0 aliphatic carbocycles. The van der Waals surface area contributed by atoms with Crippen LogP contribution >= 0.6 is 11.8 Å². The van der Waals surface area contributed by atoms with Crippen LogP contribution in [-0.4, -0.2) is 17.8 Å². The fourth-order valence-electron chi connectivity index (χ4n) is 1.86. The van der Waals surface area contributed by atoms with Crippen molar-refractivity contribution in [1.82, 2.24) is 5.32 Å². The summed E-state index contributed by atoms with van der Waals surface area (Å²) in [4.78, 5) is 1.23. The zero-order valence-corrected chi connectivity index (χ0v) is 12.3. The largest absolute Gasteiger partial charge is 0.468 e. The third kappa shape index (κ3) is 4.75. The van der Waals surface area contributed by atoms with Crippen molar-refractivity contribution in [2.24, 2.45) is 0 Å². The molecule has 0 spiro atoms. The minimum atomic E-state index is -0.370. The number of rotatable bonds is 8. The predicted octanol–water partition coefficient (Wildman–Crippen LogP) is 3.74. The van der Waals surface area contributed by atoms with Gasteiger partial charge < -0.3 is 4.42 Å². The molecule has 4 heteroatoms. The first-order valence-corrected chi connectivity index (χ1v) is 7.43. The van der Waals surface area contributed by atoms with Gasteiger partial charge in [0.25, 0.3) is 0 Å². The summed E-state index contributed by atoms with van der Waals surface area (Å²) >= 11 is 1.83. The highest BCUT2D eigenvalue weighted by atomic mass is 32.2. The molecule has 0 fully saturated rings. The molecule has 1 aromatic rings. The van der Waals surface area contributed by atoms with Gasteiger partial charge in [-0.1, -0.05) is 6.92 Å². The second-order valence-electron chi connectivity index (χ2n) is 4.62. The van der Waals surface area contributed by atoms with Crippen molar-refractivity contribution in [1.29, 1.82) is 5.26 Å². The van der Waals surface area contributed by atoms with Crippen molar-refractivity contribution in [3.8, 4) is 6.07 Å². The normalized spacial score (nSPS) is 14.1. The van der Waals surface area contributed by atoms with E-state index in [-0.39, 0.29) is 5.54 Å². The quantitative estimate of drug-likeness (QED) is 0.575. The van der Waals surface area contributed by atoms with Gasteiger partial charge >= 0.3 is 0 Å². The lowest BCUT2D eigenvalue weighted by atomic mass is 9.97. The Morgan fingerprint density at radius 1 is 1.50 bits per heavy atom. The fourth-order valence-corrected chi connectivity index (χ4v) is 2.83. The van der Waals surface area contributed by atoms with Gasteiger partial charge in [-0.2, -0.15) is 5.26 Å². The van der Waals surface area contributed by atoms with Gasteiger partial charge in [-0.3, -0.25) is 5.32 Å². The van der Waals surface area contributed by atoms with Crippen molar-refractivity contribution in [2.75, 3.05) is 12.3 Å². The molecule has 0 aromatic carbocycles. The number of thioether (sulfide) groups is 1. The summed E-state index contributed by atoms with van der Waals surface area (Å²) in [7, 11) is 0. The molecule has 0 aliphatic rings. The van der Waals surface area contributed by atoms with Gasteiger partial charge in [0.1, 0.15) is 11.3 Å². The monoisotopic (exact) mass is 266 g/mol. The molecule has 1 N–H and O–H groups in total. The number of unbranched alkanes of at least 4 members (excludes halogenated alkanes) is 1. The Kier molecular flexibility index (Phi) is 6.31. The molecule has 1 rings (SSSR count). The summed E-state index contributed by atoms with van der Waals surface area (Å²) in [5.74, 6) is 2.07. The Hall–Kier alpha value is -0.920. The highest BCUT2D eigenvalue weighted by Gasteiger charge is 2.21. The second kappa shape index (κ2) is 7.50. The van der Waals surface area contributed by atoms with Crippen LogP contribution in [-0.2, 0) is 0 Å². The van der Waals surface area contributed by atoms with Crippen LogP contribution in [0, 0.1) is 18.3 Å². The number of furan rings is 1. The molecule has 100 valence electrons. The SMILES string of the molecule is CCNC(C)(C#N)CCCCSc1ccoc1C. The van der Waals surface area contributed by atoms with Crippen LogP contribution in [0.1, 0.15) is 38.9 Å². The van der Waals surface area contributed by atoms with Crippen molar-refractivity contribution >= 4 is 11.8 Å². The Bertz CT molecular complexity index is 397. The molecule has 0 amide bonds. The van der Waals surface area contributed by atoms with E-state index in [1.54, 1.807) is 6.26 Å². The van der Waals surface area contributed by atoms with Crippen molar-refractivity contribution in [3.63, 3.8) is 0 Å². The van der Waals surface area contributed by atoms with Gasteiger partial charge in [-0.15, -0.1) is 11.8 Å². The Morgan fingerprint density at radius 3 is 2.83 bits per heavy atom. The van der Waals surface area contributed by atoms with Crippen molar-refractivity contribution in [2.45, 2.75) is 50.5 Å². The molecular weight excluding hydrogens is 244 g/mol. The number of hydrogen-bond acceptors (Lipinski definition) is 4. The number of nitriles is 1. The van der Waals surface area contributed by atoms with Crippen LogP contribution in [0.25, 0.3) is 0 Å². The topological polar surface area (TPSA) is 49.0 Å². The summed E-state index contributed by atoms with van der Waals surface area (Å²) in [5.41, 5.74) is -0.370. The highest BCUT2D eigenvalue weighted by Crippen LogP contribution is 2.24. The van der Waals surface area contributed by atoms with Crippen LogP contribution in [0.4, 0.5) is 0 Å². The number of hydrogen-bond donors (Lipinski definition) is 1. The minimum absolute atomic E-state index is 0.370. The van der Waals surface area contributed by atoms with Gasteiger partial charge in [0.2, 0.25) is 0 Å². The average Bonchev–Trinajstić information content (AvgIpc) is 2.75. The molecule has 0 saturated heterocycles. The Balaban J connectivity index is 2.19. The Morgan fingerprint density at radius 2 is 2.28 bits per heavy atom. The van der Waals surface area contributed by atoms with E-state index in [0.717, 1.165) is 37.3 Å². The van der Waals surface area contributed by atoms with Crippen LogP contribution in [0.5, 0.6) is 0 Å². The summed E-state index contributed by atoms with van der Waals surface area (Å²) < 4.78 is 5.25. The van der Waals surface area contributed by atoms with Crippen molar-refractivity contribution < 1.29 is 4.42 Å². The zero-order valence-electron chi connectivity index (χ0n) is 11.5. The summed E-state index contributed by atoms with van der Waals surface area (Å²) in [6.45, 7) is 6.84. The fraction of sp³-hybridized carbons (Fsp3) is 0.643. The zero-order chi connectivity index (χ0) is 13.4. The van der Waals surface area contributed by atoms with E-state index in [4.69, 9.17) is 9.68 Å². The van der Waals surface area contributed by atoms with E-state index >= 15 is 0 Å². The summed E-state index contributed by atoms with van der Waals surface area (Å²) in [6.07, 6.45) is 4.83. The maximum absolute atomic E-state index is 9.13. The lowest BCUT2D eigenvalue weighted by molar-refractivity contribution is 0.415. The maximum atomic E-state index is 9.13. The van der Waals surface area contributed by atoms with E-state index in [1.807, 2.05) is 38.6 Å². The highest BCUT2D eigenvalue weighted by molar-refractivity contribution is 7.99. The first-order chi connectivity index (χ1) is 8.61. The third-order valence-corrected chi connectivity index (χ3v) is 4.18. The lowest BCUT2D eigenvalue weighted by Gasteiger charge is -2.22. The molecule has 1 aromatic heterocycles. The van der Waals surface area contributed by atoms with Crippen LogP contribution in [0.3, 0.4) is 0 Å². The first kappa shape index (κ1) is 15.1.